The molecule has 9 heavy (non-hydrogen) atoms. The number of hydrogen-bond acceptors (Lipinski definition) is 3. The quantitative estimate of drug-likeness (QED) is 0.179. The molecule has 0 saturated carbocycles. The summed E-state index contributed by atoms with van der Waals surface area (Å²) in [5, 5.41) is 0. The van der Waals surface area contributed by atoms with Crippen LogP contribution in [0.2, 0.25) is 0 Å². The molecule has 0 atom stereocenters. The number of nitrogens with one attached hydrogen (secondary N) is 2. The molecule has 0 aliphatic carbocycles. The maximum absolute atomic E-state index is 10.1. The Morgan fingerprint density at radius 2 is 2.00 bits per heavy atom. The average molecular weight is 188 g/mol. The van der Waals surface area contributed by atoms with E-state index in [1.165, 1.54) is 6.92 Å². The summed E-state index contributed by atoms with van der Waals surface area (Å²) in [5.41, 5.74) is 4.50. The van der Waals surface area contributed by atoms with Gasteiger partial charge in [-0.2, -0.15) is 0 Å². The Hall–Kier alpha value is 1.22. The standard InChI is InChI=1S/C3H6N2OS2.K/c1-2(6)4-5-3(7)8;/h1H3,(H,4,6)(H2,5,7,8);/q;+1/p-1. The fraction of sp³-hybridized carbons (Fsp3) is 0.333. The van der Waals surface area contributed by atoms with E-state index in [-0.39, 0.29) is 61.6 Å². The first-order valence-corrected chi connectivity index (χ1v) is 2.68. The fourth-order valence-corrected chi connectivity index (χ4v) is 0.241. The van der Waals surface area contributed by atoms with Gasteiger partial charge in [-0.3, -0.25) is 10.2 Å². The molecule has 0 radical (unpaired) electrons. The number of hydrazine groups is 1. The maximum atomic E-state index is 10.1. The topological polar surface area (TPSA) is 41.1 Å². The molecule has 0 heterocycles. The second-order valence-corrected chi connectivity index (χ2v) is 2.17. The van der Waals surface area contributed by atoms with Gasteiger partial charge in [0.2, 0.25) is 5.91 Å². The Labute approximate surface area is 107 Å². The van der Waals surface area contributed by atoms with Crippen LogP contribution in [-0.2, 0) is 17.4 Å². The van der Waals surface area contributed by atoms with Crippen LogP contribution in [0, 0.1) is 0 Å². The first-order chi connectivity index (χ1) is 3.63. The molecule has 2 N–H and O–H groups in total. The normalized spacial score (nSPS) is 6.78. The van der Waals surface area contributed by atoms with E-state index in [1.807, 2.05) is 0 Å². The third-order valence-electron chi connectivity index (χ3n) is 0.341. The van der Waals surface area contributed by atoms with Gasteiger partial charge in [-0.15, -0.1) is 0 Å². The minimum absolute atomic E-state index is 0. The van der Waals surface area contributed by atoms with Crippen molar-refractivity contribution in [3.05, 3.63) is 0 Å². The molecule has 1 amide bonds. The van der Waals surface area contributed by atoms with Gasteiger partial charge in [0.25, 0.3) is 0 Å². The molecule has 0 aliphatic heterocycles. The van der Waals surface area contributed by atoms with Crippen LogP contribution in [0.15, 0.2) is 0 Å². The maximum Gasteiger partial charge on any atom is 1.00 e. The zero-order chi connectivity index (χ0) is 6.57. The van der Waals surface area contributed by atoms with E-state index in [0.29, 0.717) is 0 Å². The first kappa shape index (κ1) is 12.9. The van der Waals surface area contributed by atoms with Crippen molar-refractivity contribution in [2.75, 3.05) is 0 Å². The Morgan fingerprint density at radius 1 is 1.56 bits per heavy atom. The van der Waals surface area contributed by atoms with E-state index in [0.717, 1.165) is 0 Å². The van der Waals surface area contributed by atoms with E-state index in [4.69, 9.17) is 0 Å². The van der Waals surface area contributed by atoms with Crippen LogP contribution in [0.4, 0.5) is 0 Å². The van der Waals surface area contributed by atoms with E-state index >= 15 is 0 Å². The number of rotatable bonds is 0. The molecular formula is C3H5KN2OS2. The van der Waals surface area contributed by atoms with Crippen LogP contribution in [0.5, 0.6) is 0 Å². The number of thiocarbonyl (C=S) groups is 1. The van der Waals surface area contributed by atoms with E-state index in [1.54, 1.807) is 0 Å². The van der Waals surface area contributed by atoms with Gasteiger partial charge in [0.05, 0.1) is 0 Å². The SMILES string of the molecule is CC(=O)NNC(=S)[S-].[K+]. The Kier molecular flexibility index (Phi) is 10.5. The zero-order valence-electron chi connectivity index (χ0n) is 5.22. The summed E-state index contributed by atoms with van der Waals surface area (Å²) in [4.78, 5) is 10.1. The predicted molar refractivity (Wildman–Crippen MR) is 36.9 cm³/mol. The predicted octanol–water partition coefficient (Wildman–Crippen LogP) is -3.54. The minimum atomic E-state index is -0.211. The summed E-state index contributed by atoms with van der Waals surface area (Å²) in [6.45, 7) is 1.36. The van der Waals surface area contributed by atoms with Crippen molar-refractivity contribution in [2.45, 2.75) is 6.92 Å². The molecule has 0 aliphatic rings. The van der Waals surface area contributed by atoms with Crippen molar-refractivity contribution in [2.24, 2.45) is 0 Å². The summed E-state index contributed by atoms with van der Waals surface area (Å²) < 4.78 is 0.139. The van der Waals surface area contributed by atoms with Gasteiger partial charge < -0.3 is 30.3 Å². The van der Waals surface area contributed by atoms with Crippen LogP contribution in [-0.4, -0.2) is 10.2 Å². The van der Waals surface area contributed by atoms with E-state index in [9.17, 15) is 4.79 Å². The number of carbonyl (C=O) groups excluding carboxylic acids is 1. The molecule has 0 saturated heterocycles. The number of amides is 1. The molecule has 0 spiro atoms. The van der Waals surface area contributed by atoms with Crippen molar-refractivity contribution in [3.63, 3.8) is 0 Å². The molecule has 6 heteroatoms. The van der Waals surface area contributed by atoms with Crippen LogP contribution in [0.1, 0.15) is 6.92 Å². The molecule has 0 rings (SSSR count). The monoisotopic (exact) mass is 188 g/mol. The summed E-state index contributed by atoms with van der Waals surface area (Å²) in [7, 11) is 0. The van der Waals surface area contributed by atoms with Gasteiger partial charge in [0.1, 0.15) is 0 Å². The zero-order valence-corrected chi connectivity index (χ0v) is 9.98. The average Bonchev–Trinajstić information content (AvgIpc) is 1.61. The molecule has 0 bridgehead atoms. The van der Waals surface area contributed by atoms with Crippen molar-refractivity contribution in [3.8, 4) is 0 Å². The van der Waals surface area contributed by atoms with Crippen molar-refractivity contribution < 1.29 is 56.2 Å². The van der Waals surface area contributed by atoms with Crippen LogP contribution in [0.25, 0.3) is 0 Å². The Bertz CT molecular complexity index is 104. The van der Waals surface area contributed by atoms with Crippen molar-refractivity contribution in [1.29, 1.82) is 0 Å². The van der Waals surface area contributed by atoms with Gasteiger partial charge in [0.15, 0.2) is 0 Å². The third-order valence-corrected chi connectivity index (χ3v) is 0.545. The number of carbonyl (C=O) groups is 1. The number of hydrogen-bond donors (Lipinski definition) is 2. The van der Waals surface area contributed by atoms with Gasteiger partial charge in [-0.25, -0.2) is 0 Å². The Balaban J connectivity index is 0. The third kappa shape index (κ3) is 12.4. The van der Waals surface area contributed by atoms with Crippen LogP contribution < -0.4 is 62.2 Å². The summed E-state index contributed by atoms with van der Waals surface area (Å²) >= 11 is 8.81. The summed E-state index contributed by atoms with van der Waals surface area (Å²) in [5.74, 6) is -0.211. The van der Waals surface area contributed by atoms with Crippen molar-refractivity contribution >= 4 is 35.1 Å². The molecule has 0 unspecified atom stereocenters. The molecule has 0 aromatic carbocycles. The summed E-state index contributed by atoms with van der Waals surface area (Å²) in [6.07, 6.45) is 0. The smallest absolute Gasteiger partial charge is 0.410 e. The van der Waals surface area contributed by atoms with E-state index < -0.39 is 0 Å². The molecule has 0 aromatic rings. The second kappa shape index (κ2) is 7.32. The molecule has 46 valence electrons. The largest absolute Gasteiger partial charge is 1.00 e. The fourth-order valence-electron chi connectivity index (χ4n) is 0.139. The Morgan fingerprint density at radius 3 is 2.11 bits per heavy atom. The molecule has 0 aromatic heterocycles. The van der Waals surface area contributed by atoms with Crippen LogP contribution in [0.3, 0.4) is 0 Å². The molecule has 0 fully saturated rings. The van der Waals surface area contributed by atoms with Gasteiger partial charge in [0, 0.05) is 6.92 Å². The van der Waals surface area contributed by atoms with Crippen molar-refractivity contribution in [1.82, 2.24) is 10.9 Å². The van der Waals surface area contributed by atoms with Gasteiger partial charge in [-0.1, -0.05) is 0 Å². The first-order valence-electron chi connectivity index (χ1n) is 1.86. The minimum Gasteiger partial charge on any atom is -0.410 e. The summed E-state index contributed by atoms with van der Waals surface area (Å²) in [6, 6.07) is 0. The molecule has 3 nitrogen and oxygen atoms in total. The van der Waals surface area contributed by atoms with E-state index in [2.05, 4.69) is 35.7 Å². The molecular weight excluding hydrogens is 183 g/mol. The second-order valence-electron chi connectivity index (χ2n) is 1.09. The van der Waals surface area contributed by atoms with Gasteiger partial charge >= 0.3 is 51.4 Å². The van der Waals surface area contributed by atoms with Crippen LogP contribution >= 0.6 is 12.2 Å². The van der Waals surface area contributed by atoms with Gasteiger partial charge in [-0.05, 0) is 4.32 Å².